The number of benzene rings is 1. The van der Waals surface area contributed by atoms with Crippen LogP contribution in [-0.2, 0) is 14.8 Å². The van der Waals surface area contributed by atoms with E-state index in [0.717, 1.165) is 12.8 Å². The number of aliphatic carboxylic acids is 1. The molecule has 0 aromatic heterocycles. The smallest absolute Gasteiger partial charge is 0.303 e. The van der Waals surface area contributed by atoms with Crippen molar-refractivity contribution in [3.63, 3.8) is 0 Å². The number of hydrogen-bond donors (Lipinski definition) is 1. The van der Waals surface area contributed by atoms with Gasteiger partial charge in [-0.3, -0.25) is 4.79 Å². The summed E-state index contributed by atoms with van der Waals surface area (Å²) in [5, 5.41) is 8.84. The van der Waals surface area contributed by atoms with Gasteiger partial charge in [0.05, 0.1) is 5.02 Å². The molecule has 0 saturated heterocycles. The maximum Gasteiger partial charge on any atom is 0.303 e. The first-order chi connectivity index (χ1) is 9.93. The highest BCUT2D eigenvalue weighted by Crippen LogP contribution is 2.34. The molecule has 1 aromatic carbocycles. The zero-order chi connectivity index (χ0) is 15.5. The highest BCUT2D eigenvalue weighted by Gasteiger charge is 2.38. The van der Waals surface area contributed by atoms with E-state index < -0.39 is 16.0 Å². The highest BCUT2D eigenvalue weighted by atomic mass is 35.5. The molecule has 21 heavy (non-hydrogen) atoms. The lowest BCUT2D eigenvalue weighted by Gasteiger charge is -2.22. The van der Waals surface area contributed by atoms with Crippen molar-refractivity contribution < 1.29 is 18.3 Å². The van der Waals surface area contributed by atoms with Crippen LogP contribution in [0, 0.1) is 0 Å². The Morgan fingerprint density at radius 1 is 1.29 bits per heavy atom. The number of carbonyl (C=O) groups is 1. The quantitative estimate of drug-likeness (QED) is 0.743. The first-order valence-corrected chi connectivity index (χ1v) is 8.73. The van der Waals surface area contributed by atoms with Gasteiger partial charge < -0.3 is 5.11 Å². The van der Waals surface area contributed by atoms with Crippen LogP contribution in [0.25, 0.3) is 0 Å². The standard InChI is InChI=1S/C14H18ClNO4S/c15-12-5-1-2-6-13(12)21(19,20)16(11-8-9-11)10-4-3-7-14(17)18/h1-2,5-6,11H,3-4,7-10H2,(H,17,18). The minimum Gasteiger partial charge on any atom is -0.481 e. The zero-order valence-corrected chi connectivity index (χ0v) is 13.1. The van der Waals surface area contributed by atoms with E-state index in [1.165, 1.54) is 10.4 Å². The summed E-state index contributed by atoms with van der Waals surface area (Å²) in [6.45, 7) is 0.339. The molecule has 1 aliphatic carbocycles. The van der Waals surface area contributed by atoms with Crippen LogP contribution in [0.3, 0.4) is 0 Å². The summed E-state index contributed by atoms with van der Waals surface area (Å²) in [5.41, 5.74) is 0. The molecule has 1 aliphatic rings. The molecule has 1 N–H and O–H groups in total. The second-order valence-electron chi connectivity index (χ2n) is 5.13. The van der Waals surface area contributed by atoms with Gasteiger partial charge in [0.25, 0.3) is 0 Å². The van der Waals surface area contributed by atoms with Crippen molar-refractivity contribution in [1.82, 2.24) is 4.31 Å². The molecule has 0 unspecified atom stereocenters. The topological polar surface area (TPSA) is 74.7 Å². The van der Waals surface area contributed by atoms with E-state index in [1.54, 1.807) is 18.2 Å². The molecule has 1 saturated carbocycles. The van der Waals surface area contributed by atoms with Crippen molar-refractivity contribution in [2.75, 3.05) is 6.54 Å². The molecule has 1 aromatic rings. The molecule has 0 heterocycles. The van der Waals surface area contributed by atoms with E-state index in [9.17, 15) is 13.2 Å². The van der Waals surface area contributed by atoms with Crippen molar-refractivity contribution >= 4 is 27.6 Å². The van der Waals surface area contributed by atoms with E-state index >= 15 is 0 Å². The van der Waals surface area contributed by atoms with Crippen LogP contribution >= 0.6 is 11.6 Å². The maximum absolute atomic E-state index is 12.7. The van der Waals surface area contributed by atoms with Crippen molar-refractivity contribution in [3.8, 4) is 0 Å². The molecule has 0 atom stereocenters. The van der Waals surface area contributed by atoms with Gasteiger partial charge in [-0.2, -0.15) is 4.31 Å². The summed E-state index contributed by atoms with van der Waals surface area (Å²) in [6.07, 6.45) is 2.76. The van der Waals surface area contributed by atoms with Crippen molar-refractivity contribution in [2.45, 2.75) is 43.0 Å². The summed E-state index contributed by atoms with van der Waals surface area (Å²) in [7, 11) is -3.62. The van der Waals surface area contributed by atoms with Crippen LogP contribution in [0.1, 0.15) is 32.1 Å². The molecule has 2 rings (SSSR count). The Morgan fingerprint density at radius 3 is 2.52 bits per heavy atom. The normalized spacial score (nSPS) is 15.3. The van der Waals surface area contributed by atoms with E-state index in [0.29, 0.717) is 19.4 Å². The van der Waals surface area contributed by atoms with Crippen LogP contribution in [0.2, 0.25) is 5.02 Å². The number of rotatable bonds is 8. The zero-order valence-electron chi connectivity index (χ0n) is 11.5. The predicted molar refractivity (Wildman–Crippen MR) is 79.9 cm³/mol. The number of nitrogens with zero attached hydrogens (tertiary/aromatic N) is 1. The molecule has 0 spiro atoms. The van der Waals surface area contributed by atoms with E-state index in [-0.39, 0.29) is 22.4 Å². The average molecular weight is 332 g/mol. The summed E-state index contributed by atoms with van der Waals surface area (Å²) in [4.78, 5) is 10.6. The first kappa shape index (κ1) is 16.3. The van der Waals surface area contributed by atoms with Gasteiger partial charge in [0.15, 0.2) is 0 Å². The Bertz CT molecular complexity index is 613. The number of unbranched alkanes of at least 4 members (excludes halogenated alkanes) is 1. The van der Waals surface area contributed by atoms with Gasteiger partial charge in [0, 0.05) is 19.0 Å². The summed E-state index contributed by atoms with van der Waals surface area (Å²) >= 11 is 6.00. The van der Waals surface area contributed by atoms with E-state index in [4.69, 9.17) is 16.7 Å². The molecule has 7 heteroatoms. The number of sulfonamides is 1. The van der Waals surface area contributed by atoms with Crippen LogP contribution in [0.4, 0.5) is 0 Å². The number of hydrogen-bond acceptors (Lipinski definition) is 3. The molecular formula is C14H18ClNO4S. The van der Waals surface area contributed by atoms with Crippen molar-refractivity contribution in [2.24, 2.45) is 0 Å². The molecule has 0 aliphatic heterocycles. The minimum atomic E-state index is -3.62. The van der Waals surface area contributed by atoms with Crippen LogP contribution < -0.4 is 0 Å². The number of carboxylic acids is 1. The lowest BCUT2D eigenvalue weighted by Crippen LogP contribution is -2.34. The third kappa shape index (κ3) is 4.18. The average Bonchev–Trinajstić information content (AvgIpc) is 3.22. The molecule has 0 amide bonds. The fourth-order valence-electron chi connectivity index (χ4n) is 2.19. The van der Waals surface area contributed by atoms with Crippen LogP contribution in [0.5, 0.6) is 0 Å². The van der Waals surface area contributed by atoms with E-state index in [2.05, 4.69) is 0 Å². The Hall–Kier alpha value is -1.11. The Balaban J connectivity index is 2.10. The Morgan fingerprint density at radius 2 is 1.95 bits per heavy atom. The Kier molecular flexibility index (Phi) is 5.24. The fourth-order valence-corrected chi connectivity index (χ4v) is 4.40. The van der Waals surface area contributed by atoms with E-state index in [1.807, 2.05) is 0 Å². The summed E-state index contributed by atoms with van der Waals surface area (Å²) in [6, 6.07) is 6.43. The van der Waals surface area contributed by atoms with Gasteiger partial charge in [-0.15, -0.1) is 0 Å². The molecule has 116 valence electrons. The van der Waals surface area contributed by atoms with Gasteiger partial charge in [-0.05, 0) is 37.8 Å². The second kappa shape index (κ2) is 6.77. The number of halogens is 1. The van der Waals surface area contributed by atoms with Gasteiger partial charge in [0.2, 0.25) is 10.0 Å². The summed E-state index contributed by atoms with van der Waals surface area (Å²) in [5.74, 6) is -0.859. The monoisotopic (exact) mass is 331 g/mol. The van der Waals surface area contributed by atoms with Gasteiger partial charge >= 0.3 is 5.97 Å². The minimum absolute atomic E-state index is 0.0242. The summed E-state index contributed by atoms with van der Waals surface area (Å²) < 4.78 is 26.8. The molecule has 5 nitrogen and oxygen atoms in total. The molecule has 0 bridgehead atoms. The SMILES string of the molecule is O=C(O)CCCCN(C1CC1)S(=O)(=O)c1ccccc1Cl. The molecular weight excluding hydrogens is 314 g/mol. The lowest BCUT2D eigenvalue weighted by atomic mass is 10.2. The highest BCUT2D eigenvalue weighted by molar-refractivity contribution is 7.89. The Labute approximate surface area is 129 Å². The second-order valence-corrected chi connectivity index (χ2v) is 7.39. The third-order valence-electron chi connectivity index (χ3n) is 3.40. The largest absolute Gasteiger partial charge is 0.481 e. The maximum atomic E-state index is 12.7. The lowest BCUT2D eigenvalue weighted by molar-refractivity contribution is -0.137. The van der Waals surface area contributed by atoms with Crippen molar-refractivity contribution in [1.29, 1.82) is 0 Å². The first-order valence-electron chi connectivity index (χ1n) is 6.91. The van der Waals surface area contributed by atoms with Gasteiger partial charge in [0.1, 0.15) is 4.90 Å². The number of carboxylic acid groups (broad SMARTS) is 1. The molecule has 1 fully saturated rings. The molecule has 0 radical (unpaired) electrons. The van der Waals surface area contributed by atoms with Gasteiger partial charge in [-0.1, -0.05) is 23.7 Å². The van der Waals surface area contributed by atoms with Crippen LogP contribution in [-0.4, -0.2) is 36.4 Å². The van der Waals surface area contributed by atoms with Crippen molar-refractivity contribution in [3.05, 3.63) is 29.3 Å². The third-order valence-corrected chi connectivity index (χ3v) is 5.85. The van der Waals surface area contributed by atoms with Crippen LogP contribution in [0.15, 0.2) is 29.2 Å². The van der Waals surface area contributed by atoms with Gasteiger partial charge in [-0.25, -0.2) is 8.42 Å². The fraction of sp³-hybridized carbons (Fsp3) is 0.500. The predicted octanol–water partition coefficient (Wildman–Crippen LogP) is 2.75.